The van der Waals surface area contributed by atoms with Crippen molar-refractivity contribution in [2.24, 2.45) is 0 Å². The quantitative estimate of drug-likeness (QED) is 0.0272. The summed E-state index contributed by atoms with van der Waals surface area (Å²) < 4.78 is 142. The fraction of sp³-hybridized carbons (Fsp3) is 0.929. The number of ether oxygens (including phenoxy) is 23. The number of hydrogen-bond acceptors (Lipinski definition) is 60. The Kier molecular flexibility index (Phi) is 44.4. The molecule has 0 spiro atoms. The first-order valence-electron chi connectivity index (χ1n) is 48.0. The van der Waals surface area contributed by atoms with Crippen molar-refractivity contribution in [3.63, 3.8) is 0 Å². The third-order valence-electron chi connectivity index (χ3n) is 27.4. The Morgan fingerprint density at radius 2 is 0.413 bits per heavy atom. The van der Waals surface area contributed by atoms with Crippen LogP contribution in [0.2, 0.25) is 0 Å². The summed E-state index contributed by atoms with van der Waals surface area (Å²) in [6, 6.07) is -12.4. The van der Waals surface area contributed by atoms with Crippen LogP contribution in [-0.4, -0.2) is 635 Å². The van der Waals surface area contributed by atoms with E-state index in [0.29, 0.717) is 0 Å². The van der Waals surface area contributed by atoms with Gasteiger partial charge >= 0.3 is 0 Å². The minimum Gasteiger partial charge on any atom is -0.394 e. The van der Waals surface area contributed by atoms with Gasteiger partial charge in [-0.05, 0) is 6.92 Å². The van der Waals surface area contributed by atoms with Crippen LogP contribution in [0.15, 0.2) is 0 Å². The first-order valence-corrected chi connectivity index (χ1v) is 48.0. The lowest BCUT2D eigenvalue weighted by Gasteiger charge is -2.53. The molecule has 66 nitrogen and oxygen atoms in total. The number of rotatable bonds is 39. The van der Waals surface area contributed by atoms with Gasteiger partial charge in [0.25, 0.3) is 0 Å². The first kappa shape index (κ1) is 123. The number of carbonyl (C=O) groups is 6. The van der Waals surface area contributed by atoms with Crippen molar-refractivity contribution in [1.29, 1.82) is 0 Å². The van der Waals surface area contributed by atoms with Crippen LogP contribution >= 0.6 is 0 Å². The average molecular weight is 2190 g/mol. The number of amides is 6. The molecule has 0 bridgehead atoms. The number of hydrogen-bond donors (Lipinski definition) is 37. The molecule has 12 rings (SSSR count). The van der Waals surface area contributed by atoms with E-state index < -0.39 is 476 Å². The fourth-order valence-corrected chi connectivity index (χ4v) is 19.6. The van der Waals surface area contributed by atoms with Crippen molar-refractivity contribution in [3.8, 4) is 0 Å². The van der Waals surface area contributed by atoms with Crippen LogP contribution in [-0.2, 0) is 138 Å². The Bertz CT molecular complexity index is 4250. The van der Waals surface area contributed by atoms with Gasteiger partial charge in [-0.3, -0.25) is 28.8 Å². The van der Waals surface area contributed by atoms with E-state index in [2.05, 4.69) is 31.9 Å². The van der Waals surface area contributed by atoms with E-state index in [9.17, 15) is 187 Å². The predicted molar refractivity (Wildman–Crippen MR) is 463 cm³/mol. The average Bonchev–Trinajstić information content (AvgIpc) is 0.748. The van der Waals surface area contributed by atoms with Gasteiger partial charge in [0, 0.05) is 41.5 Å². The Labute approximate surface area is 849 Å². The van der Waals surface area contributed by atoms with E-state index in [4.69, 9.17) is 109 Å². The van der Waals surface area contributed by atoms with Gasteiger partial charge in [0.05, 0.1) is 78.8 Å². The zero-order chi connectivity index (χ0) is 110. The van der Waals surface area contributed by atoms with Gasteiger partial charge in [0.2, 0.25) is 35.4 Å². The van der Waals surface area contributed by atoms with Gasteiger partial charge in [0.15, 0.2) is 75.5 Å². The number of aliphatic hydroxyl groups is 31. The third-order valence-corrected chi connectivity index (χ3v) is 27.4. The number of aliphatic hydroxyl groups excluding tert-OH is 31. The maximum absolute atomic E-state index is 13.8. The van der Waals surface area contributed by atoms with Gasteiger partial charge in [0.1, 0.15) is 287 Å². The maximum Gasteiger partial charge on any atom is 0.217 e. The van der Waals surface area contributed by atoms with Gasteiger partial charge in [-0.25, -0.2) is 0 Å². The molecular weight excluding hydrogens is 2050 g/mol. The second-order valence-corrected chi connectivity index (χ2v) is 38.1. The summed E-state index contributed by atoms with van der Waals surface area (Å²) in [5.74, 6) is -6.17. The molecule has 6 amide bonds. The van der Waals surface area contributed by atoms with Gasteiger partial charge in [-0.2, -0.15) is 0 Å². The Morgan fingerprint density at radius 3 is 0.773 bits per heavy atom. The molecule has 0 aliphatic carbocycles. The molecule has 66 heteroatoms. The molecule has 12 aliphatic heterocycles. The van der Waals surface area contributed by atoms with Crippen LogP contribution in [0.4, 0.5) is 0 Å². The zero-order valence-corrected chi connectivity index (χ0v) is 81.1. The predicted octanol–water partition coefficient (Wildman–Crippen LogP) is -25.3. The molecule has 1 unspecified atom stereocenters. The molecule has 12 heterocycles. The number of carbonyl (C=O) groups excluding carboxylic acids is 6. The summed E-state index contributed by atoms with van der Waals surface area (Å²) >= 11 is 0. The van der Waals surface area contributed by atoms with E-state index in [-0.39, 0.29) is 0 Å². The smallest absolute Gasteiger partial charge is 0.217 e. The van der Waals surface area contributed by atoms with Crippen molar-refractivity contribution in [3.05, 3.63) is 0 Å². The van der Waals surface area contributed by atoms with E-state index in [1.165, 1.54) is 6.92 Å². The zero-order valence-electron chi connectivity index (χ0n) is 81.1. The summed E-state index contributed by atoms with van der Waals surface area (Å²) in [5.41, 5.74) is 0. The molecule has 12 aliphatic rings. The van der Waals surface area contributed by atoms with Crippen molar-refractivity contribution in [2.75, 3.05) is 72.7 Å². The molecule has 150 heavy (non-hydrogen) atoms. The van der Waals surface area contributed by atoms with Gasteiger partial charge in [-0.15, -0.1) is 0 Å². The van der Waals surface area contributed by atoms with Crippen LogP contribution in [0, 0.1) is 0 Å². The molecule has 0 radical (unpaired) electrons. The van der Waals surface area contributed by atoms with Crippen molar-refractivity contribution < 1.29 is 296 Å². The van der Waals surface area contributed by atoms with E-state index in [0.717, 1.165) is 41.5 Å². The lowest BCUT2D eigenvalue weighted by Crippen LogP contribution is -2.72. The summed E-state index contributed by atoms with van der Waals surface area (Å²) in [5, 5.41) is 368. The molecule has 0 aromatic rings. The number of nitrogens with one attached hydrogen (secondary N) is 6. The molecule has 12 saturated heterocycles. The Hall–Kier alpha value is -5.34. The molecule has 12 fully saturated rings. The lowest BCUT2D eigenvalue weighted by molar-refractivity contribution is -0.413. The topological polar surface area (TPSA) is 1010 Å². The minimum absolute atomic E-state index is 0.864. The molecule has 0 saturated carbocycles. The maximum atomic E-state index is 13.8. The van der Waals surface area contributed by atoms with Gasteiger partial charge < -0.3 is 299 Å². The van der Waals surface area contributed by atoms with Crippen molar-refractivity contribution >= 4 is 35.4 Å². The molecule has 0 aromatic heterocycles. The molecule has 37 N–H and O–H groups in total. The van der Waals surface area contributed by atoms with Crippen molar-refractivity contribution in [2.45, 2.75) is 417 Å². The SMILES string of the molecule is CC(=O)N[C@H]1[C@H](O[C@H]2[C@H](O)[C@@H](NC(C)=O)C(O)O[C@@H]2CO[C@@H]2O[C@@H](C)[C@@H](O)[C@@H](O)[C@@H]2O)O[C@H](CO)[C@@H](O[C@@H]2O[C@H](CO[C@H]3O[C@H](CO)[C@@H](O)[C@H](O)[C@@H]3O[C@@H]3O[C@H](CO)[C@@H](O[C@@H]4O[C@H](CO)[C@H](O)[C@H](O)[C@H]4O)[C@H](O)[C@H]3NC(C)=O)[C@@H](O[C@@H]3O[C@H](CO)[C@@H](O)[C@H](O)[C@H]3NC(C)=O)[C@H](O[C@H]3O[C@H](CO)[C@@H](O[C@@H]4O[C@H](CO)[C@@H](O[C@@H]5O[C@H](CO)[C@H](O)[C@H](O)[C@H]5O)[C@H](O)[C@H]4NC(C)=O)[C@H](O)[C@@H]3O[C@@H]3O[C@H](CO)[C@@H](O)[C@H](O)[C@H]3NC(C)=O)[C@@H]2O)[C@@H]1O. The standard InChI is InChI=1S/C84H140N6O60/c1-19-43(106)55(118)59(122)79(130-19)128-17-35-68(51(114)37(73(127)131-35)85-20(2)100)143-77-41(89-24(6)104)53(116)66(33(15-98)138-77)146-82-63(126)70(148-84-72(150-75-39(87-22(4)102)50(113)45(108)27(9-92)133-75)62(125)67(34(16-99)140-84)142-76-40(88-23(5)103)52(115)64(31(13-96)137-76)144-80-60(123)56(119)46(109)28(10-93)134-80)69(147-74-38(86-21(3)101)49(112)44(107)26(8-91)132-74)36(141-82)18-129-83-71(58(121)48(111)30(12-95)136-83)149-78-42(90-25(7)105)54(117)65(32(14-97)139-78)145-81-61(124)57(120)47(110)29(11-94)135-81/h19,26-84,91-99,106-127H,8-18H2,1-7H3,(H,85,100)(H,86,101)(H,87,102)(H,88,103)(H,89,104)(H,90,105)/t19-,26+,27+,28+,29+,30+,31+,32+,33+,34+,35+,36+,37+,38+,39+,40+,41+,42+,43+,44+,45+,46-,47-,48+,49+,50+,51+,52+,53+,54+,55+,56-,57-,58-,59-,60+,61+,62-,63-,64+,65+,66+,67+,68+,69+,70+,71-,72-,73?,74-,75-,76-,77-,78-,79+,80-,81-,82-,83-,84+/m0/s1. The Balaban J connectivity index is 0.991. The molecule has 866 valence electrons. The largest absolute Gasteiger partial charge is 0.394 e. The lowest BCUT2D eigenvalue weighted by atomic mass is 9.93. The van der Waals surface area contributed by atoms with Crippen LogP contribution in [0.3, 0.4) is 0 Å². The summed E-state index contributed by atoms with van der Waals surface area (Å²) in [6.45, 7) is -6.92. The first-order chi connectivity index (χ1) is 70.9. The van der Waals surface area contributed by atoms with Crippen LogP contribution in [0.25, 0.3) is 0 Å². The molecule has 60 atom stereocenters. The Morgan fingerprint density at radius 1 is 0.187 bits per heavy atom. The van der Waals surface area contributed by atoms with Crippen LogP contribution in [0.1, 0.15) is 48.5 Å². The third kappa shape index (κ3) is 27.5. The van der Waals surface area contributed by atoms with E-state index >= 15 is 0 Å². The summed E-state index contributed by atoms with van der Waals surface area (Å²) in [7, 11) is 0. The molecular formula is C84H140N6O60. The second-order valence-electron chi connectivity index (χ2n) is 38.1. The van der Waals surface area contributed by atoms with E-state index in [1.807, 2.05) is 0 Å². The monoisotopic (exact) mass is 2190 g/mol. The highest BCUT2D eigenvalue weighted by atomic mass is 16.8. The highest BCUT2D eigenvalue weighted by Gasteiger charge is 2.65. The van der Waals surface area contributed by atoms with Crippen molar-refractivity contribution in [1.82, 2.24) is 31.9 Å². The van der Waals surface area contributed by atoms with Gasteiger partial charge in [-0.1, -0.05) is 0 Å². The fourth-order valence-electron chi connectivity index (χ4n) is 19.6. The molecule has 0 aromatic carbocycles. The normalized spacial score (nSPS) is 48.8. The van der Waals surface area contributed by atoms with Crippen LogP contribution < -0.4 is 31.9 Å². The summed E-state index contributed by atoms with van der Waals surface area (Å²) in [4.78, 5) is 79.6. The van der Waals surface area contributed by atoms with Crippen LogP contribution in [0.5, 0.6) is 0 Å². The summed E-state index contributed by atoms with van der Waals surface area (Å²) in [6.07, 6.45) is -120. The second kappa shape index (κ2) is 54.0. The highest BCUT2D eigenvalue weighted by molar-refractivity contribution is 5.75. The minimum atomic E-state index is -2.93. The van der Waals surface area contributed by atoms with E-state index in [1.54, 1.807) is 0 Å². The highest BCUT2D eigenvalue weighted by Crippen LogP contribution is 2.44.